The van der Waals surface area contributed by atoms with Gasteiger partial charge in [-0.3, -0.25) is 0 Å². The summed E-state index contributed by atoms with van der Waals surface area (Å²) >= 11 is 0. The Labute approximate surface area is 55.3 Å². The summed E-state index contributed by atoms with van der Waals surface area (Å²) in [6.07, 6.45) is -1.80. The van der Waals surface area contributed by atoms with Crippen molar-refractivity contribution in [2.75, 3.05) is 0 Å². The van der Waals surface area contributed by atoms with E-state index in [2.05, 4.69) is 11.0 Å². The molecular weight excluding hydrogens is 140 g/mol. The Hall–Kier alpha value is -0.653. The van der Waals surface area contributed by atoms with Crippen LogP contribution in [0.3, 0.4) is 0 Å². The molecule has 0 radical (unpaired) electrons. The Balaban J connectivity index is 3.89. The van der Waals surface area contributed by atoms with Gasteiger partial charge in [0.25, 0.3) is 0 Å². The highest BCUT2D eigenvalue weighted by Gasteiger charge is 2.12. The van der Waals surface area contributed by atoms with Gasteiger partial charge in [0.2, 0.25) is 10.5 Å². The van der Waals surface area contributed by atoms with Gasteiger partial charge < -0.3 is 14.6 Å². The first-order valence-corrected chi connectivity index (χ1v) is 3.04. The number of hydrogen-bond donors (Lipinski definition) is 2. The van der Waals surface area contributed by atoms with Gasteiger partial charge in [-0.2, -0.15) is 0 Å². The van der Waals surface area contributed by atoms with Crippen molar-refractivity contribution in [3.05, 3.63) is 12.2 Å². The molecule has 0 aromatic carbocycles. The number of carbonyl (C=O) groups excluding carboxylic acids is 1. The quantitative estimate of drug-likeness (QED) is 0.262. The molecule has 0 spiro atoms. The van der Waals surface area contributed by atoms with Crippen LogP contribution in [0.4, 0.5) is 0 Å². The predicted molar refractivity (Wildman–Crippen MR) is 33.4 cm³/mol. The van der Waals surface area contributed by atoms with E-state index in [0.717, 1.165) is 0 Å². The molecule has 0 saturated heterocycles. The smallest absolute Gasteiger partial charge is 0.324 e. The zero-order valence-electron chi connectivity index (χ0n) is 5.00. The zero-order chi connectivity index (χ0) is 7.44. The van der Waals surface area contributed by atoms with Crippen molar-refractivity contribution in [2.45, 2.75) is 6.29 Å². The molecule has 0 fully saturated rings. The van der Waals surface area contributed by atoms with Gasteiger partial charge in [-0.05, 0) is 0 Å². The van der Waals surface area contributed by atoms with E-state index in [1.807, 2.05) is 0 Å². The minimum absolute atomic E-state index is 0.234. The van der Waals surface area contributed by atoms with Gasteiger partial charge in [0.05, 0.1) is 5.57 Å². The molecular formula is C4H8O4Si. The van der Waals surface area contributed by atoms with Gasteiger partial charge in [0, 0.05) is 0 Å². The van der Waals surface area contributed by atoms with Gasteiger partial charge in [-0.15, -0.1) is 0 Å². The Morgan fingerprint density at radius 3 is 2.22 bits per heavy atom. The van der Waals surface area contributed by atoms with Crippen LogP contribution in [0.25, 0.3) is 0 Å². The fraction of sp³-hybridized carbons (Fsp3) is 0.250. The van der Waals surface area contributed by atoms with Crippen LogP contribution in [0, 0.1) is 0 Å². The molecule has 0 atom stereocenters. The van der Waals surface area contributed by atoms with Crippen molar-refractivity contribution >= 4 is 16.5 Å². The molecule has 0 unspecified atom stereocenters. The van der Waals surface area contributed by atoms with Crippen LogP contribution in [0.2, 0.25) is 0 Å². The van der Waals surface area contributed by atoms with Gasteiger partial charge in [-0.25, -0.2) is 4.79 Å². The second-order valence-electron chi connectivity index (χ2n) is 1.39. The molecule has 0 aliphatic heterocycles. The summed E-state index contributed by atoms with van der Waals surface area (Å²) < 4.78 is 4.25. The second-order valence-corrected chi connectivity index (χ2v) is 1.80. The fourth-order valence-electron chi connectivity index (χ4n) is 0.237. The first-order valence-electron chi connectivity index (χ1n) is 2.23. The van der Waals surface area contributed by atoms with Crippen molar-refractivity contribution in [2.24, 2.45) is 0 Å². The third kappa shape index (κ3) is 2.40. The first-order chi connectivity index (χ1) is 4.09. The van der Waals surface area contributed by atoms with E-state index < -0.39 is 12.3 Å². The summed E-state index contributed by atoms with van der Waals surface area (Å²) in [7, 11) is 0.234. The monoisotopic (exact) mass is 148 g/mol. The lowest BCUT2D eigenvalue weighted by molar-refractivity contribution is -0.133. The maximum absolute atomic E-state index is 10.3. The lowest BCUT2D eigenvalue weighted by atomic mass is 10.3. The van der Waals surface area contributed by atoms with E-state index in [0.29, 0.717) is 0 Å². The van der Waals surface area contributed by atoms with Crippen molar-refractivity contribution in [3.8, 4) is 0 Å². The summed E-state index contributed by atoms with van der Waals surface area (Å²) in [6, 6.07) is 0. The lowest BCUT2D eigenvalue weighted by Gasteiger charge is -2.03. The minimum atomic E-state index is -1.80. The van der Waals surface area contributed by atoms with Gasteiger partial charge in [0.1, 0.15) is 0 Å². The van der Waals surface area contributed by atoms with Crippen LogP contribution in [-0.2, 0) is 9.22 Å². The molecule has 0 aliphatic rings. The summed E-state index contributed by atoms with van der Waals surface area (Å²) in [6.45, 7) is 3.07. The molecule has 0 amide bonds. The molecule has 0 heterocycles. The van der Waals surface area contributed by atoms with Crippen molar-refractivity contribution in [1.82, 2.24) is 0 Å². The van der Waals surface area contributed by atoms with Crippen LogP contribution < -0.4 is 0 Å². The van der Waals surface area contributed by atoms with Crippen LogP contribution in [-0.4, -0.2) is 33.0 Å². The molecule has 0 aliphatic carbocycles. The second kappa shape index (κ2) is 3.39. The zero-order valence-corrected chi connectivity index (χ0v) is 7.00. The van der Waals surface area contributed by atoms with E-state index in [1.54, 1.807) is 0 Å². The van der Waals surface area contributed by atoms with E-state index in [4.69, 9.17) is 10.2 Å². The van der Waals surface area contributed by atoms with Crippen LogP contribution in [0.5, 0.6) is 0 Å². The normalized spacial score (nSPS) is 9.67. The molecule has 0 rings (SSSR count). The molecule has 4 nitrogen and oxygen atoms in total. The Morgan fingerprint density at radius 2 is 2.11 bits per heavy atom. The average molecular weight is 148 g/mol. The molecule has 9 heavy (non-hydrogen) atoms. The summed E-state index contributed by atoms with van der Waals surface area (Å²) in [5.41, 5.74) is -0.329. The molecule has 2 N–H and O–H groups in total. The Bertz CT molecular complexity index is 131. The van der Waals surface area contributed by atoms with Crippen LogP contribution in [0.15, 0.2) is 12.2 Å². The fourth-order valence-corrected chi connectivity index (χ4v) is 0.499. The van der Waals surface area contributed by atoms with Crippen molar-refractivity contribution in [1.29, 1.82) is 0 Å². The standard InChI is InChI=1S/C4H8O4Si/c1-2(3(5)6)4(7)8-9/h3,5-6H,1H2,9H3. The third-order valence-electron chi connectivity index (χ3n) is 0.759. The summed E-state index contributed by atoms with van der Waals surface area (Å²) in [4.78, 5) is 10.3. The predicted octanol–water partition coefficient (Wildman–Crippen LogP) is -2.32. The van der Waals surface area contributed by atoms with Gasteiger partial charge in [0.15, 0.2) is 6.29 Å². The third-order valence-corrected chi connectivity index (χ3v) is 1.13. The average Bonchev–Trinajstić information content (AvgIpc) is 1.84. The number of carbonyl (C=O) groups is 1. The van der Waals surface area contributed by atoms with E-state index >= 15 is 0 Å². The summed E-state index contributed by atoms with van der Waals surface area (Å²) in [5.74, 6) is -0.753. The minimum Gasteiger partial charge on any atom is -0.525 e. The van der Waals surface area contributed by atoms with Crippen molar-refractivity contribution < 1.29 is 19.4 Å². The molecule has 0 bridgehead atoms. The molecule has 5 heteroatoms. The Kier molecular flexibility index (Phi) is 3.14. The van der Waals surface area contributed by atoms with Crippen LogP contribution in [0.1, 0.15) is 0 Å². The number of aliphatic hydroxyl groups is 2. The van der Waals surface area contributed by atoms with Gasteiger partial charge >= 0.3 is 5.97 Å². The van der Waals surface area contributed by atoms with E-state index in [9.17, 15) is 4.79 Å². The first kappa shape index (κ1) is 8.35. The van der Waals surface area contributed by atoms with Crippen molar-refractivity contribution in [3.63, 3.8) is 0 Å². The molecule has 0 saturated carbocycles. The van der Waals surface area contributed by atoms with E-state index in [-0.39, 0.29) is 16.1 Å². The lowest BCUT2D eigenvalue weighted by Crippen LogP contribution is -2.17. The maximum atomic E-state index is 10.3. The molecule has 0 aromatic heterocycles. The Morgan fingerprint density at radius 1 is 1.67 bits per heavy atom. The largest absolute Gasteiger partial charge is 0.525 e. The molecule has 0 aromatic rings. The topological polar surface area (TPSA) is 66.8 Å². The van der Waals surface area contributed by atoms with Gasteiger partial charge in [-0.1, -0.05) is 6.58 Å². The van der Waals surface area contributed by atoms with E-state index in [1.165, 1.54) is 0 Å². The SMILES string of the molecule is C=C(C(=O)O[SiH3])C(O)O. The highest BCUT2D eigenvalue weighted by atomic mass is 28.2. The number of aliphatic hydroxyl groups excluding tert-OH is 1. The summed E-state index contributed by atoms with van der Waals surface area (Å²) in [5, 5.41) is 16.6. The highest BCUT2D eigenvalue weighted by Crippen LogP contribution is 1.96. The van der Waals surface area contributed by atoms with Crippen LogP contribution >= 0.6 is 0 Å². The number of rotatable bonds is 2. The number of hydrogen-bond acceptors (Lipinski definition) is 4. The highest BCUT2D eigenvalue weighted by molar-refractivity contribution is 6.09. The molecule has 52 valence electrons. The maximum Gasteiger partial charge on any atom is 0.324 e.